The molecule has 5 aromatic rings. The zero-order valence-electron chi connectivity index (χ0n) is 21.2. The van der Waals surface area contributed by atoms with E-state index in [-0.39, 0.29) is 11.3 Å². The van der Waals surface area contributed by atoms with E-state index in [1.165, 1.54) is 28.6 Å². The second kappa shape index (κ2) is 9.81. The van der Waals surface area contributed by atoms with Crippen LogP contribution in [0.1, 0.15) is 28.3 Å². The van der Waals surface area contributed by atoms with Crippen LogP contribution in [0.15, 0.2) is 96.8 Å². The van der Waals surface area contributed by atoms with Gasteiger partial charge in [-0.25, -0.2) is 4.98 Å². The smallest absolute Gasteiger partial charge is 0.301 e. The number of hydrogen-bond acceptors (Lipinski definition) is 7. The van der Waals surface area contributed by atoms with E-state index >= 15 is 0 Å². The van der Waals surface area contributed by atoms with Crippen molar-refractivity contribution in [2.75, 3.05) is 4.90 Å². The molecule has 1 unspecified atom stereocenters. The molecule has 192 valence electrons. The number of para-hydroxylation sites is 1. The Morgan fingerprint density at radius 2 is 1.67 bits per heavy atom. The first-order valence-electron chi connectivity index (χ1n) is 12.3. The predicted molar refractivity (Wildman–Crippen MR) is 151 cm³/mol. The Bertz CT molecular complexity index is 1760. The molecule has 1 atom stereocenters. The lowest BCUT2D eigenvalue weighted by atomic mass is 9.95. The Morgan fingerprint density at radius 1 is 0.923 bits per heavy atom. The summed E-state index contributed by atoms with van der Waals surface area (Å²) in [5.41, 5.74) is 3.81. The minimum absolute atomic E-state index is 0.0183. The number of nitrogens with zero attached hydrogens (tertiary/aromatic N) is 3. The molecule has 1 aliphatic rings. The summed E-state index contributed by atoms with van der Waals surface area (Å²) in [4.78, 5) is 37.3. The van der Waals surface area contributed by atoms with Crippen molar-refractivity contribution in [2.24, 2.45) is 0 Å². The highest BCUT2D eigenvalue weighted by Gasteiger charge is 2.48. The van der Waals surface area contributed by atoms with Gasteiger partial charge in [-0.1, -0.05) is 47.7 Å². The Morgan fingerprint density at radius 3 is 2.44 bits per heavy atom. The van der Waals surface area contributed by atoms with Crippen molar-refractivity contribution in [1.29, 1.82) is 0 Å². The van der Waals surface area contributed by atoms with Crippen LogP contribution >= 0.6 is 11.3 Å². The average Bonchev–Trinajstić information content (AvgIpc) is 3.48. The van der Waals surface area contributed by atoms with Gasteiger partial charge in [0, 0.05) is 18.0 Å². The average molecular weight is 534 g/mol. The van der Waals surface area contributed by atoms with Gasteiger partial charge in [0.15, 0.2) is 5.13 Å². The first-order valence-corrected chi connectivity index (χ1v) is 13.1. The minimum Gasteiger partial charge on any atom is -0.507 e. The second-order valence-electron chi connectivity index (χ2n) is 9.32. The summed E-state index contributed by atoms with van der Waals surface area (Å²) in [6, 6.07) is 22.8. The Hall–Kier alpha value is -4.82. The fourth-order valence-electron chi connectivity index (χ4n) is 4.85. The number of thiazole rings is 1. The fraction of sp³-hybridized carbons (Fsp3) is 0.0968. The number of aliphatic hydroxyl groups is 1. The molecular weight excluding hydrogens is 510 g/mol. The van der Waals surface area contributed by atoms with E-state index in [4.69, 9.17) is 9.72 Å². The number of carbonyl (C=O) groups is 2. The molecule has 1 aliphatic heterocycles. The van der Waals surface area contributed by atoms with Crippen LogP contribution in [0.5, 0.6) is 11.5 Å². The minimum atomic E-state index is -0.917. The van der Waals surface area contributed by atoms with Gasteiger partial charge in [-0.2, -0.15) is 0 Å². The molecule has 1 fully saturated rings. The molecule has 7 nitrogen and oxygen atoms in total. The molecule has 3 aromatic carbocycles. The number of ether oxygens (including phenoxy) is 1. The molecule has 1 amide bonds. The SMILES string of the molecule is Cc1cc(C)c2nc(N3C(=O)C(=O)/C(=C(/O)c4ccncc4)C3c3cccc(Oc4ccccc4)c3)sc2c1. The van der Waals surface area contributed by atoms with Gasteiger partial charge in [0.1, 0.15) is 17.3 Å². The molecule has 6 rings (SSSR count). The molecule has 0 bridgehead atoms. The van der Waals surface area contributed by atoms with Crippen LogP contribution in [-0.4, -0.2) is 26.8 Å². The van der Waals surface area contributed by atoms with Crippen LogP contribution in [0.4, 0.5) is 5.13 Å². The Balaban J connectivity index is 1.53. The summed E-state index contributed by atoms with van der Waals surface area (Å²) in [6.45, 7) is 3.98. The third kappa shape index (κ3) is 4.45. The van der Waals surface area contributed by atoms with E-state index in [1.54, 1.807) is 30.3 Å². The number of fused-ring (bicyclic) bond motifs is 1. The molecule has 39 heavy (non-hydrogen) atoms. The maximum absolute atomic E-state index is 13.6. The van der Waals surface area contributed by atoms with E-state index in [0.29, 0.717) is 27.8 Å². The van der Waals surface area contributed by atoms with E-state index in [9.17, 15) is 14.7 Å². The first kappa shape index (κ1) is 24.5. The number of ketones is 1. The summed E-state index contributed by atoms with van der Waals surface area (Å²) >= 11 is 1.34. The van der Waals surface area contributed by atoms with Crippen molar-refractivity contribution in [3.63, 3.8) is 0 Å². The zero-order chi connectivity index (χ0) is 27.1. The standard InChI is InChI=1S/C31H23N3O4S/c1-18-15-19(2)26-24(16-18)39-31(33-26)34-27(21-7-6-10-23(17-21)38-22-8-4-3-5-9-22)25(29(36)30(34)37)28(35)20-11-13-32-14-12-20/h3-17,27,35H,1-2H3/b28-25+. The van der Waals surface area contributed by atoms with Crippen molar-refractivity contribution >= 4 is 44.1 Å². The number of Topliss-reactive ketones (excluding diaryl/α,β-unsaturated/α-hetero) is 1. The lowest BCUT2D eigenvalue weighted by Crippen LogP contribution is -2.29. The number of benzene rings is 3. The number of carbonyl (C=O) groups excluding carboxylic acids is 2. The normalized spacial score (nSPS) is 16.7. The van der Waals surface area contributed by atoms with Crippen LogP contribution in [0.3, 0.4) is 0 Å². The van der Waals surface area contributed by atoms with E-state index < -0.39 is 17.7 Å². The molecule has 0 aliphatic carbocycles. The molecule has 1 saturated heterocycles. The van der Waals surface area contributed by atoms with Crippen molar-refractivity contribution < 1.29 is 19.4 Å². The number of anilines is 1. The van der Waals surface area contributed by atoms with Crippen LogP contribution in [0.2, 0.25) is 0 Å². The monoisotopic (exact) mass is 533 g/mol. The molecule has 0 radical (unpaired) electrons. The largest absolute Gasteiger partial charge is 0.507 e. The van der Waals surface area contributed by atoms with E-state index in [1.807, 2.05) is 62.4 Å². The van der Waals surface area contributed by atoms with Gasteiger partial charge in [-0.15, -0.1) is 0 Å². The van der Waals surface area contributed by atoms with Crippen molar-refractivity contribution in [3.8, 4) is 11.5 Å². The lowest BCUT2D eigenvalue weighted by Gasteiger charge is -2.23. The summed E-state index contributed by atoms with van der Waals surface area (Å²) in [6.07, 6.45) is 3.04. The highest BCUT2D eigenvalue weighted by Crippen LogP contribution is 2.45. The highest BCUT2D eigenvalue weighted by atomic mass is 32.1. The molecule has 1 N–H and O–H groups in total. The maximum Gasteiger partial charge on any atom is 0.301 e. The van der Waals surface area contributed by atoms with Crippen LogP contribution in [0, 0.1) is 13.8 Å². The number of rotatable bonds is 5. The Kier molecular flexibility index (Phi) is 6.17. The third-order valence-corrected chi connectivity index (χ3v) is 7.58. The van der Waals surface area contributed by atoms with Crippen LogP contribution in [0.25, 0.3) is 16.0 Å². The molecule has 2 aromatic heterocycles. The topological polar surface area (TPSA) is 92.6 Å². The van der Waals surface area contributed by atoms with Gasteiger partial charge < -0.3 is 9.84 Å². The summed E-state index contributed by atoms with van der Waals surface area (Å²) in [7, 11) is 0. The number of aromatic nitrogens is 2. The van der Waals surface area contributed by atoms with Gasteiger partial charge in [-0.3, -0.25) is 19.5 Å². The first-order chi connectivity index (χ1) is 18.9. The summed E-state index contributed by atoms with van der Waals surface area (Å²) in [5, 5.41) is 11.7. The fourth-order valence-corrected chi connectivity index (χ4v) is 6.01. The van der Waals surface area contributed by atoms with Crippen LogP contribution < -0.4 is 9.64 Å². The number of aryl methyl sites for hydroxylation is 2. The van der Waals surface area contributed by atoms with Crippen molar-refractivity contribution in [2.45, 2.75) is 19.9 Å². The number of hydrogen-bond donors (Lipinski definition) is 1. The van der Waals surface area contributed by atoms with Crippen molar-refractivity contribution in [3.05, 3.63) is 119 Å². The van der Waals surface area contributed by atoms with Gasteiger partial charge in [0.05, 0.1) is 21.8 Å². The number of aliphatic hydroxyl groups excluding tert-OH is 1. The molecule has 0 spiro atoms. The molecule has 0 saturated carbocycles. The lowest BCUT2D eigenvalue weighted by molar-refractivity contribution is -0.132. The van der Waals surface area contributed by atoms with E-state index in [0.717, 1.165) is 21.3 Å². The zero-order valence-corrected chi connectivity index (χ0v) is 22.0. The van der Waals surface area contributed by atoms with Gasteiger partial charge in [0.25, 0.3) is 5.78 Å². The van der Waals surface area contributed by atoms with Crippen molar-refractivity contribution in [1.82, 2.24) is 9.97 Å². The van der Waals surface area contributed by atoms with Crippen LogP contribution in [-0.2, 0) is 9.59 Å². The molecule has 3 heterocycles. The Labute approximate surface area is 228 Å². The summed E-state index contributed by atoms with van der Waals surface area (Å²) < 4.78 is 6.96. The number of pyridine rings is 1. The van der Waals surface area contributed by atoms with Gasteiger partial charge in [-0.05, 0) is 73.0 Å². The quantitative estimate of drug-likeness (QED) is 0.153. The number of amides is 1. The second-order valence-corrected chi connectivity index (χ2v) is 10.3. The van der Waals surface area contributed by atoms with E-state index in [2.05, 4.69) is 4.98 Å². The molecular formula is C31H23N3O4S. The summed E-state index contributed by atoms with van der Waals surface area (Å²) in [5.74, 6) is -0.624. The maximum atomic E-state index is 13.6. The van der Waals surface area contributed by atoms with Gasteiger partial charge >= 0.3 is 5.91 Å². The highest BCUT2D eigenvalue weighted by molar-refractivity contribution is 7.22. The predicted octanol–water partition coefficient (Wildman–Crippen LogP) is 6.73. The third-order valence-electron chi connectivity index (χ3n) is 6.58. The van der Waals surface area contributed by atoms with Gasteiger partial charge in [0.2, 0.25) is 0 Å². The molecule has 8 heteroatoms.